The Hall–Kier alpha value is -4.42. The van der Waals surface area contributed by atoms with Gasteiger partial charge in [-0.15, -0.1) is 10.2 Å². The van der Waals surface area contributed by atoms with Crippen LogP contribution in [0, 0.1) is 6.57 Å². The molecule has 5 rings (SSSR count). The highest BCUT2D eigenvalue weighted by atomic mass is 32.2. The van der Waals surface area contributed by atoms with Gasteiger partial charge in [0.2, 0.25) is 5.16 Å². The third kappa shape index (κ3) is 4.05. The lowest BCUT2D eigenvalue weighted by Crippen LogP contribution is -2.13. The standard InChI is InChI=1S/C26H19N5O3S/c1-27-19-10-6-4-8-17(19)15-35-26-28-24-23(29-30-26)18-9-5-7-11-20(18)31(24)25(32)16-12-13-21(33-2)22(14-16)34-3/h4-14H,15H2,2-3H3. The van der Waals surface area contributed by atoms with Crippen molar-refractivity contribution in [1.29, 1.82) is 0 Å². The fourth-order valence-electron chi connectivity index (χ4n) is 3.87. The highest BCUT2D eigenvalue weighted by Crippen LogP contribution is 2.32. The first kappa shape index (κ1) is 22.4. The summed E-state index contributed by atoms with van der Waals surface area (Å²) in [7, 11) is 3.07. The van der Waals surface area contributed by atoms with E-state index in [9.17, 15) is 4.79 Å². The number of methoxy groups -OCH3 is 2. The van der Waals surface area contributed by atoms with Crippen molar-refractivity contribution in [3.8, 4) is 11.5 Å². The van der Waals surface area contributed by atoms with E-state index in [-0.39, 0.29) is 5.91 Å². The predicted molar refractivity (Wildman–Crippen MR) is 134 cm³/mol. The number of benzene rings is 3. The van der Waals surface area contributed by atoms with Gasteiger partial charge in [0, 0.05) is 16.7 Å². The van der Waals surface area contributed by atoms with Crippen molar-refractivity contribution in [3.63, 3.8) is 0 Å². The van der Waals surface area contributed by atoms with E-state index in [1.54, 1.807) is 35.9 Å². The predicted octanol–water partition coefficient (Wildman–Crippen LogP) is 5.53. The first-order chi connectivity index (χ1) is 17.1. The molecule has 9 heteroatoms. The maximum Gasteiger partial charge on any atom is 0.264 e. The maximum absolute atomic E-state index is 13.7. The van der Waals surface area contributed by atoms with E-state index in [2.05, 4.69) is 15.0 Å². The average molecular weight is 482 g/mol. The molecule has 0 unspecified atom stereocenters. The Kier molecular flexibility index (Phi) is 6.04. The first-order valence-corrected chi connectivity index (χ1v) is 11.6. The van der Waals surface area contributed by atoms with E-state index < -0.39 is 0 Å². The van der Waals surface area contributed by atoms with E-state index in [0.29, 0.717) is 50.3 Å². The zero-order valence-electron chi connectivity index (χ0n) is 18.9. The number of carbonyl (C=O) groups is 1. The second-order valence-electron chi connectivity index (χ2n) is 7.52. The van der Waals surface area contributed by atoms with Gasteiger partial charge in [-0.25, -0.2) is 9.83 Å². The van der Waals surface area contributed by atoms with Crippen LogP contribution in [0.4, 0.5) is 5.69 Å². The lowest BCUT2D eigenvalue weighted by molar-refractivity contribution is 0.0968. The summed E-state index contributed by atoms with van der Waals surface area (Å²) in [5.74, 6) is 1.23. The Balaban J connectivity index is 1.59. The Labute approximate surface area is 205 Å². The molecular weight excluding hydrogens is 462 g/mol. The van der Waals surface area contributed by atoms with Crippen molar-refractivity contribution in [2.45, 2.75) is 10.9 Å². The van der Waals surface area contributed by atoms with Crippen LogP contribution in [-0.4, -0.2) is 39.9 Å². The molecule has 8 nitrogen and oxygen atoms in total. The summed E-state index contributed by atoms with van der Waals surface area (Å²) in [5, 5.41) is 9.90. The molecule has 0 radical (unpaired) electrons. The van der Waals surface area contributed by atoms with Crippen LogP contribution < -0.4 is 9.47 Å². The van der Waals surface area contributed by atoms with Gasteiger partial charge in [-0.2, -0.15) is 0 Å². The number of hydrogen-bond acceptors (Lipinski definition) is 7. The van der Waals surface area contributed by atoms with E-state index in [1.807, 2.05) is 42.5 Å². The van der Waals surface area contributed by atoms with Crippen molar-refractivity contribution in [3.05, 3.63) is 89.3 Å². The minimum atomic E-state index is -0.271. The van der Waals surface area contributed by atoms with Crippen LogP contribution in [0.25, 0.3) is 26.9 Å². The van der Waals surface area contributed by atoms with Crippen LogP contribution in [0.3, 0.4) is 0 Å². The number of carbonyl (C=O) groups excluding carboxylic acids is 1. The van der Waals surface area contributed by atoms with Crippen LogP contribution in [0.1, 0.15) is 15.9 Å². The van der Waals surface area contributed by atoms with E-state index in [4.69, 9.17) is 21.0 Å². The van der Waals surface area contributed by atoms with Crippen LogP contribution in [0.5, 0.6) is 11.5 Å². The molecule has 0 amide bonds. The van der Waals surface area contributed by atoms with Crippen molar-refractivity contribution in [2.75, 3.05) is 14.2 Å². The minimum Gasteiger partial charge on any atom is -0.493 e. The number of para-hydroxylation sites is 2. The van der Waals surface area contributed by atoms with Gasteiger partial charge in [-0.3, -0.25) is 9.36 Å². The lowest BCUT2D eigenvalue weighted by atomic mass is 10.2. The molecule has 0 spiro atoms. The van der Waals surface area contributed by atoms with Crippen molar-refractivity contribution < 1.29 is 14.3 Å². The molecular formula is C26H19N5O3S. The Bertz CT molecular complexity index is 1620. The van der Waals surface area contributed by atoms with Crippen molar-refractivity contribution >= 4 is 45.4 Å². The smallest absolute Gasteiger partial charge is 0.264 e. The minimum absolute atomic E-state index is 0.271. The van der Waals surface area contributed by atoms with Gasteiger partial charge in [-0.05, 0) is 29.8 Å². The Morgan fingerprint density at radius 3 is 2.57 bits per heavy atom. The largest absolute Gasteiger partial charge is 0.493 e. The molecule has 0 aliphatic rings. The summed E-state index contributed by atoms with van der Waals surface area (Å²) in [6.45, 7) is 7.36. The SMILES string of the molecule is [C-]#[N+]c1ccccc1CSc1nnc2c3ccccc3n(C(=O)c3ccc(OC)c(OC)c3)c2n1. The number of thioether (sulfide) groups is 1. The zero-order valence-corrected chi connectivity index (χ0v) is 19.7. The maximum atomic E-state index is 13.7. The van der Waals surface area contributed by atoms with Gasteiger partial charge in [0.1, 0.15) is 5.52 Å². The Morgan fingerprint density at radius 1 is 1.00 bits per heavy atom. The summed E-state index contributed by atoms with van der Waals surface area (Å²) in [6.07, 6.45) is 0. The molecule has 0 aliphatic heterocycles. The molecule has 0 fully saturated rings. The molecule has 0 aliphatic carbocycles. The summed E-state index contributed by atoms with van der Waals surface area (Å²) in [5.41, 5.74) is 3.54. The molecule has 0 N–H and O–H groups in total. The summed E-state index contributed by atoms with van der Waals surface area (Å²) in [4.78, 5) is 22.0. The summed E-state index contributed by atoms with van der Waals surface area (Å²) >= 11 is 1.37. The van der Waals surface area contributed by atoms with Crippen LogP contribution in [0.2, 0.25) is 0 Å². The molecule has 0 saturated carbocycles. The summed E-state index contributed by atoms with van der Waals surface area (Å²) < 4.78 is 12.2. The van der Waals surface area contributed by atoms with E-state index in [0.717, 1.165) is 10.9 Å². The van der Waals surface area contributed by atoms with E-state index >= 15 is 0 Å². The number of ether oxygens (including phenoxy) is 2. The van der Waals surface area contributed by atoms with Crippen LogP contribution in [-0.2, 0) is 5.75 Å². The van der Waals surface area contributed by atoms with Crippen LogP contribution >= 0.6 is 11.8 Å². The Morgan fingerprint density at radius 2 is 1.77 bits per heavy atom. The van der Waals surface area contributed by atoms with Crippen molar-refractivity contribution in [1.82, 2.24) is 19.7 Å². The number of rotatable bonds is 6. The molecule has 3 aromatic carbocycles. The molecule has 0 atom stereocenters. The fraction of sp³-hybridized carbons (Fsp3) is 0.115. The topological polar surface area (TPSA) is 83.5 Å². The summed E-state index contributed by atoms with van der Waals surface area (Å²) in [6, 6.07) is 20.0. The fourth-order valence-corrected chi connectivity index (χ4v) is 4.64. The molecule has 5 aromatic rings. The monoisotopic (exact) mass is 481 g/mol. The van der Waals surface area contributed by atoms with Crippen LogP contribution in [0.15, 0.2) is 71.9 Å². The highest BCUT2D eigenvalue weighted by Gasteiger charge is 2.22. The van der Waals surface area contributed by atoms with Crippen molar-refractivity contribution in [2.24, 2.45) is 0 Å². The van der Waals surface area contributed by atoms with Gasteiger partial charge in [0.25, 0.3) is 5.91 Å². The molecule has 35 heavy (non-hydrogen) atoms. The lowest BCUT2D eigenvalue weighted by Gasteiger charge is -2.10. The number of fused-ring (bicyclic) bond motifs is 3. The number of aromatic nitrogens is 4. The van der Waals surface area contributed by atoms with Gasteiger partial charge in [-0.1, -0.05) is 54.2 Å². The second kappa shape index (κ2) is 9.44. The molecule has 2 aromatic heterocycles. The normalized spacial score (nSPS) is 10.9. The first-order valence-electron chi connectivity index (χ1n) is 10.6. The zero-order chi connectivity index (χ0) is 24.4. The number of hydrogen-bond donors (Lipinski definition) is 0. The third-order valence-corrected chi connectivity index (χ3v) is 6.45. The quantitative estimate of drug-likeness (QED) is 0.233. The third-order valence-electron chi connectivity index (χ3n) is 5.56. The highest BCUT2D eigenvalue weighted by molar-refractivity contribution is 7.98. The molecule has 0 saturated heterocycles. The molecule has 2 heterocycles. The van der Waals surface area contributed by atoms with E-state index in [1.165, 1.54) is 18.9 Å². The number of nitrogens with zero attached hydrogens (tertiary/aromatic N) is 5. The molecule has 172 valence electrons. The van der Waals surface area contributed by atoms with Gasteiger partial charge < -0.3 is 9.47 Å². The van der Waals surface area contributed by atoms with Gasteiger partial charge >= 0.3 is 0 Å². The average Bonchev–Trinajstić information content (AvgIpc) is 3.24. The second-order valence-corrected chi connectivity index (χ2v) is 8.47. The van der Waals surface area contributed by atoms with Gasteiger partial charge in [0.05, 0.1) is 26.3 Å². The van der Waals surface area contributed by atoms with Gasteiger partial charge in [0.15, 0.2) is 22.8 Å². The molecule has 0 bridgehead atoms.